The number of piperidine rings is 1. The number of hydrogen-bond acceptors (Lipinski definition) is 3. The molecule has 0 aliphatic carbocycles. The van der Waals surface area contributed by atoms with Crippen LogP contribution in [-0.2, 0) is 9.53 Å². The number of hydrogen-bond donors (Lipinski definition) is 2. The zero-order chi connectivity index (χ0) is 13.7. The third kappa shape index (κ3) is 4.29. The molecule has 0 aromatic heterocycles. The van der Waals surface area contributed by atoms with Crippen molar-refractivity contribution >= 4 is 11.6 Å². The minimum absolute atomic E-state index is 0.0219. The summed E-state index contributed by atoms with van der Waals surface area (Å²) in [7, 11) is 0. The number of benzene rings is 1. The number of carbonyl (C=O) groups is 1. The first-order chi connectivity index (χ1) is 9.15. The SMILES string of the molecule is CC1NCCCC1OCC(=O)Nc1ccc(F)cc1. The van der Waals surface area contributed by atoms with Crippen LogP contribution in [0.3, 0.4) is 0 Å². The minimum Gasteiger partial charge on any atom is -0.367 e. The predicted octanol–water partition coefficient (Wildman–Crippen LogP) is 1.92. The second-order valence-electron chi connectivity index (χ2n) is 4.79. The Kier molecular flexibility index (Phi) is 4.87. The van der Waals surface area contributed by atoms with Gasteiger partial charge in [0.15, 0.2) is 0 Å². The second-order valence-corrected chi connectivity index (χ2v) is 4.79. The van der Waals surface area contributed by atoms with E-state index in [9.17, 15) is 9.18 Å². The van der Waals surface area contributed by atoms with E-state index in [2.05, 4.69) is 17.6 Å². The Morgan fingerprint density at radius 3 is 2.89 bits per heavy atom. The maximum atomic E-state index is 12.7. The molecule has 1 fully saturated rings. The Morgan fingerprint density at radius 2 is 2.21 bits per heavy atom. The Morgan fingerprint density at radius 1 is 1.47 bits per heavy atom. The summed E-state index contributed by atoms with van der Waals surface area (Å²) in [5.74, 6) is -0.541. The van der Waals surface area contributed by atoms with E-state index in [1.165, 1.54) is 24.3 Å². The Bertz CT molecular complexity index is 422. The molecular formula is C14H19FN2O2. The molecule has 104 valence electrons. The van der Waals surface area contributed by atoms with Crippen molar-refractivity contribution < 1.29 is 13.9 Å². The molecule has 0 spiro atoms. The van der Waals surface area contributed by atoms with Gasteiger partial charge >= 0.3 is 0 Å². The van der Waals surface area contributed by atoms with Crippen LogP contribution in [0.5, 0.6) is 0 Å². The Hall–Kier alpha value is -1.46. The number of amides is 1. The van der Waals surface area contributed by atoms with E-state index in [0.29, 0.717) is 5.69 Å². The average Bonchev–Trinajstić information content (AvgIpc) is 2.40. The lowest BCUT2D eigenvalue weighted by Gasteiger charge is -2.29. The fourth-order valence-corrected chi connectivity index (χ4v) is 2.16. The predicted molar refractivity (Wildman–Crippen MR) is 71.5 cm³/mol. The van der Waals surface area contributed by atoms with Gasteiger partial charge < -0.3 is 15.4 Å². The van der Waals surface area contributed by atoms with Crippen molar-refractivity contribution in [3.63, 3.8) is 0 Å². The molecule has 0 bridgehead atoms. The summed E-state index contributed by atoms with van der Waals surface area (Å²) < 4.78 is 18.3. The van der Waals surface area contributed by atoms with Gasteiger partial charge in [-0.25, -0.2) is 4.39 Å². The van der Waals surface area contributed by atoms with E-state index >= 15 is 0 Å². The van der Waals surface area contributed by atoms with Crippen LogP contribution >= 0.6 is 0 Å². The van der Waals surface area contributed by atoms with E-state index in [1.54, 1.807) is 0 Å². The molecule has 19 heavy (non-hydrogen) atoms. The molecule has 2 N–H and O–H groups in total. The van der Waals surface area contributed by atoms with E-state index < -0.39 is 0 Å². The normalized spacial score (nSPS) is 23.1. The van der Waals surface area contributed by atoms with Gasteiger partial charge in [0.1, 0.15) is 12.4 Å². The van der Waals surface area contributed by atoms with Crippen LogP contribution in [0.25, 0.3) is 0 Å². The third-order valence-corrected chi connectivity index (χ3v) is 3.25. The summed E-state index contributed by atoms with van der Waals surface area (Å²) in [6.45, 7) is 3.08. The van der Waals surface area contributed by atoms with Crippen LogP contribution in [0.4, 0.5) is 10.1 Å². The number of nitrogens with one attached hydrogen (secondary N) is 2. The van der Waals surface area contributed by atoms with E-state index in [1.807, 2.05) is 0 Å². The molecular weight excluding hydrogens is 247 g/mol. The number of carbonyl (C=O) groups excluding carboxylic acids is 1. The molecule has 2 atom stereocenters. The van der Waals surface area contributed by atoms with E-state index in [-0.39, 0.29) is 30.5 Å². The van der Waals surface area contributed by atoms with Crippen molar-refractivity contribution in [2.75, 3.05) is 18.5 Å². The highest BCUT2D eigenvalue weighted by Crippen LogP contribution is 2.13. The van der Waals surface area contributed by atoms with Gasteiger partial charge in [0.05, 0.1) is 6.10 Å². The number of ether oxygens (including phenoxy) is 1. The van der Waals surface area contributed by atoms with Crippen LogP contribution in [-0.4, -0.2) is 31.2 Å². The summed E-state index contributed by atoms with van der Waals surface area (Å²) in [5.41, 5.74) is 0.574. The molecule has 1 amide bonds. The lowest BCUT2D eigenvalue weighted by molar-refractivity contribution is -0.123. The molecule has 1 aromatic rings. The van der Waals surface area contributed by atoms with Gasteiger partial charge in [0.25, 0.3) is 0 Å². The topological polar surface area (TPSA) is 50.4 Å². The van der Waals surface area contributed by atoms with Gasteiger partial charge in [-0.05, 0) is 50.6 Å². The highest BCUT2D eigenvalue weighted by Gasteiger charge is 2.22. The maximum Gasteiger partial charge on any atom is 0.250 e. The molecule has 5 heteroatoms. The van der Waals surface area contributed by atoms with Crippen LogP contribution < -0.4 is 10.6 Å². The highest BCUT2D eigenvalue weighted by molar-refractivity contribution is 5.91. The number of rotatable bonds is 4. The zero-order valence-electron chi connectivity index (χ0n) is 11.0. The summed E-state index contributed by atoms with van der Waals surface area (Å²) in [5, 5.41) is 5.99. The molecule has 2 unspecified atom stereocenters. The third-order valence-electron chi connectivity index (χ3n) is 3.25. The highest BCUT2D eigenvalue weighted by atomic mass is 19.1. The van der Waals surface area contributed by atoms with Gasteiger partial charge in [0, 0.05) is 11.7 Å². The lowest BCUT2D eigenvalue weighted by atomic mass is 10.0. The first-order valence-corrected chi connectivity index (χ1v) is 6.55. The van der Waals surface area contributed by atoms with Gasteiger partial charge in [-0.1, -0.05) is 0 Å². The monoisotopic (exact) mass is 266 g/mol. The second kappa shape index (κ2) is 6.63. The van der Waals surface area contributed by atoms with Crippen LogP contribution in [0.15, 0.2) is 24.3 Å². The molecule has 2 rings (SSSR count). The number of halogens is 1. The van der Waals surface area contributed by atoms with E-state index in [4.69, 9.17) is 4.74 Å². The first-order valence-electron chi connectivity index (χ1n) is 6.55. The van der Waals surface area contributed by atoms with Crippen molar-refractivity contribution in [1.29, 1.82) is 0 Å². The number of anilines is 1. The first kappa shape index (κ1) is 14.0. The molecule has 1 saturated heterocycles. The molecule has 0 radical (unpaired) electrons. The van der Waals surface area contributed by atoms with E-state index in [0.717, 1.165) is 19.4 Å². The fourth-order valence-electron chi connectivity index (χ4n) is 2.16. The van der Waals surface area contributed by atoms with Crippen molar-refractivity contribution in [2.24, 2.45) is 0 Å². The molecule has 0 saturated carbocycles. The van der Waals surface area contributed by atoms with Gasteiger partial charge in [0.2, 0.25) is 5.91 Å². The van der Waals surface area contributed by atoms with Gasteiger partial charge in [-0.3, -0.25) is 4.79 Å². The fraction of sp³-hybridized carbons (Fsp3) is 0.500. The molecule has 1 aliphatic heterocycles. The van der Waals surface area contributed by atoms with Gasteiger partial charge in [-0.2, -0.15) is 0 Å². The average molecular weight is 266 g/mol. The van der Waals surface area contributed by atoms with Gasteiger partial charge in [-0.15, -0.1) is 0 Å². The van der Waals surface area contributed by atoms with Crippen molar-refractivity contribution in [2.45, 2.75) is 31.9 Å². The summed E-state index contributed by atoms with van der Waals surface area (Å²) in [4.78, 5) is 11.7. The smallest absolute Gasteiger partial charge is 0.250 e. The maximum absolute atomic E-state index is 12.7. The molecule has 1 aliphatic rings. The van der Waals surface area contributed by atoms with Crippen molar-refractivity contribution in [3.05, 3.63) is 30.1 Å². The lowest BCUT2D eigenvalue weighted by Crippen LogP contribution is -2.44. The zero-order valence-corrected chi connectivity index (χ0v) is 11.0. The molecule has 1 heterocycles. The molecule has 4 nitrogen and oxygen atoms in total. The molecule has 1 aromatic carbocycles. The Labute approximate surface area is 112 Å². The summed E-state index contributed by atoms with van der Waals surface area (Å²) >= 11 is 0. The quantitative estimate of drug-likeness (QED) is 0.875. The van der Waals surface area contributed by atoms with Crippen LogP contribution in [0, 0.1) is 5.82 Å². The summed E-state index contributed by atoms with van der Waals surface area (Å²) in [6, 6.07) is 5.94. The Balaban J connectivity index is 1.76. The van der Waals surface area contributed by atoms with Crippen molar-refractivity contribution in [3.8, 4) is 0 Å². The van der Waals surface area contributed by atoms with Crippen molar-refractivity contribution in [1.82, 2.24) is 5.32 Å². The van der Waals surface area contributed by atoms with Crippen LogP contribution in [0.2, 0.25) is 0 Å². The largest absolute Gasteiger partial charge is 0.367 e. The van der Waals surface area contributed by atoms with Crippen LogP contribution in [0.1, 0.15) is 19.8 Å². The minimum atomic E-state index is -0.323. The standard InChI is InChI=1S/C14H19FN2O2/c1-10-13(3-2-8-16-10)19-9-14(18)17-12-6-4-11(15)5-7-12/h4-7,10,13,16H,2-3,8-9H2,1H3,(H,17,18). The summed E-state index contributed by atoms with van der Waals surface area (Å²) in [6.07, 6.45) is 2.11.